The SMILES string of the molecule is CC(C)c1ccnc2c(-c3ccc(F)cc3)c(C(=O)N3CCN(C(=O)O)C[C@H]3C)oc12. The first-order valence-corrected chi connectivity index (χ1v) is 10.2. The standard InChI is InChI=1S/C23H24FN3O4/c1-13(2)17-8-9-25-19-18(15-4-6-16(24)7-5-15)21(31-20(17)19)22(28)27-11-10-26(23(29)30)12-14(27)3/h4-9,13-14H,10-12H2,1-3H3,(H,29,30)/t14-/m1/s1. The number of pyridine rings is 1. The maximum absolute atomic E-state index is 13.6. The molecule has 0 aliphatic carbocycles. The highest BCUT2D eigenvalue weighted by Gasteiger charge is 2.34. The highest BCUT2D eigenvalue weighted by Crippen LogP contribution is 2.38. The van der Waals surface area contributed by atoms with Gasteiger partial charge in [-0.2, -0.15) is 0 Å². The summed E-state index contributed by atoms with van der Waals surface area (Å²) in [5.74, 6) is -0.417. The van der Waals surface area contributed by atoms with E-state index in [0.717, 1.165) is 5.56 Å². The van der Waals surface area contributed by atoms with Crippen LogP contribution in [0.2, 0.25) is 0 Å². The zero-order valence-electron chi connectivity index (χ0n) is 17.6. The maximum Gasteiger partial charge on any atom is 0.407 e. The van der Waals surface area contributed by atoms with Crippen LogP contribution in [0.25, 0.3) is 22.2 Å². The number of carbonyl (C=O) groups is 2. The van der Waals surface area contributed by atoms with Gasteiger partial charge in [-0.15, -0.1) is 0 Å². The minimum atomic E-state index is -1.000. The van der Waals surface area contributed by atoms with Gasteiger partial charge in [-0.05, 0) is 36.6 Å². The molecule has 162 valence electrons. The average Bonchev–Trinajstić information content (AvgIpc) is 3.13. The second kappa shape index (κ2) is 8.02. The zero-order valence-corrected chi connectivity index (χ0v) is 17.6. The minimum absolute atomic E-state index is 0.137. The van der Waals surface area contributed by atoms with Crippen LogP contribution in [0.15, 0.2) is 40.9 Å². The summed E-state index contributed by atoms with van der Waals surface area (Å²) in [6.07, 6.45) is 0.684. The predicted octanol–water partition coefficient (Wildman–Crippen LogP) is 4.58. The summed E-state index contributed by atoms with van der Waals surface area (Å²) in [4.78, 5) is 32.3. The molecule has 7 nitrogen and oxygen atoms in total. The number of hydrogen-bond donors (Lipinski definition) is 1. The Morgan fingerprint density at radius 1 is 1.19 bits per heavy atom. The summed E-state index contributed by atoms with van der Waals surface area (Å²) in [5.41, 5.74) is 3.18. The normalized spacial score (nSPS) is 16.9. The van der Waals surface area contributed by atoms with Crippen LogP contribution in [-0.4, -0.2) is 57.6 Å². The van der Waals surface area contributed by atoms with E-state index in [4.69, 9.17) is 4.42 Å². The molecule has 2 amide bonds. The molecule has 1 fully saturated rings. The number of carboxylic acid groups (broad SMARTS) is 1. The predicted molar refractivity (Wildman–Crippen MR) is 114 cm³/mol. The topological polar surface area (TPSA) is 86.9 Å². The number of piperazine rings is 1. The molecule has 3 heterocycles. The molecule has 1 saturated heterocycles. The van der Waals surface area contributed by atoms with Crippen LogP contribution in [0.5, 0.6) is 0 Å². The van der Waals surface area contributed by atoms with E-state index >= 15 is 0 Å². The third-order valence-corrected chi connectivity index (χ3v) is 5.71. The first-order chi connectivity index (χ1) is 14.8. The Hall–Kier alpha value is -3.42. The zero-order chi connectivity index (χ0) is 22.3. The van der Waals surface area contributed by atoms with Gasteiger partial charge >= 0.3 is 6.09 Å². The van der Waals surface area contributed by atoms with Crippen LogP contribution >= 0.6 is 0 Å². The van der Waals surface area contributed by atoms with Crippen LogP contribution < -0.4 is 0 Å². The van der Waals surface area contributed by atoms with Gasteiger partial charge in [0.1, 0.15) is 11.3 Å². The number of aromatic nitrogens is 1. The molecular formula is C23H24FN3O4. The quantitative estimate of drug-likeness (QED) is 0.664. The van der Waals surface area contributed by atoms with Gasteiger partial charge in [-0.1, -0.05) is 26.0 Å². The van der Waals surface area contributed by atoms with Gasteiger partial charge < -0.3 is 19.3 Å². The molecule has 0 spiro atoms. The molecular weight excluding hydrogens is 401 g/mol. The third kappa shape index (κ3) is 3.73. The molecule has 31 heavy (non-hydrogen) atoms. The third-order valence-electron chi connectivity index (χ3n) is 5.71. The van der Waals surface area contributed by atoms with Crippen LogP contribution in [0.1, 0.15) is 42.8 Å². The molecule has 1 aromatic carbocycles. The average molecular weight is 425 g/mol. The first-order valence-electron chi connectivity index (χ1n) is 10.2. The smallest absolute Gasteiger partial charge is 0.407 e. The summed E-state index contributed by atoms with van der Waals surface area (Å²) >= 11 is 0. The number of halogens is 1. The van der Waals surface area contributed by atoms with Gasteiger partial charge in [0.15, 0.2) is 5.58 Å². The summed E-state index contributed by atoms with van der Waals surface area (Å²) in [6.45, 7) is 6.59. The Morgan fingerprint density at radius 2 is 1.90 bits per heavy atom. The lowest BCUT2D eigenvalue weighted by molar-refractivity contribution is 0.0460. The molecule has 8 heteroatoms. The van der Waals surface area contributed by atoms with Crippen molar-refractivity contribution in [1.82, 2.24) is 14.8 Å². The highest BCUT2D eigenvalue weighted by molar-refractivity contribution is 6.07. The van der Waals surface area contributed by atoms with Gasteiger partial charge in [0.25, 0.3) is 5.91 Å². The molecule has 3 aromatic rings. The lowest BCUT2D eigenvalue weighted by atomic mass is 10.00. The number of rotatable bonds is 3. The van der Waals surface area contributed by atoms with Crippen LogP contribution in [0.4, 0.5) is 9.18 Å². The van der Waals surface area contributed by atoms with Crippen molar-refractivity contribution in [3.05, 3.63) is 53.7 Å². The van der Waals surface area contributed by atoms with Crippen LogP contribution in [-0.2, 0) is 0 Å². The lowest BCUT2D eigenvalue weighted by Crippen LogP contribution is -2.55. The second-order valence-corrected chi connectivity index (χ2v) is 8.12. The Bertz CT molecular complexity index is 1140. The largest absolute Gasteiger partial charge is 0.465 e. The molecule has 2 aromatic heterocycles. The van der Waals surface area contributed by atoms with Gasteiger partial charge in [0.05, 0.1) is 5.56 Å². The van der Waals surface area contributed by atoms with E-state index < -0.39 is 6.09 Å². The van der Waals surface area contributed by atoms with Gasteiger partial charge in [0.2, 0.25) is 5.76 Å². The monoisotopic (exact) mass is 425 g/mol. The van der Waals surface area contributed by atoms with Crippen molar-refractivity contribution < 1.29 is 23.5 Å². The van der Waals surface area contributed by atoms with Crippen molar-refractivity contribution in [2.45, 2.75) is 32.7 Å². The summed E-state index contributed by atoms with van der Waals surface area (Å²) in [7, 11) is 0. The van der Waals surface area contributed by atoms with E-state index in [1.807, 2.05) is 26.8 Å². The van der Waals surface area contributed by atoms with Crippen molar-refractivity contribution in [3.8, 4) is 11.1 Å². The van der Waals surface area contributed by atoms with Crippen molar-refractivity contribution in [2.75, 3.05) is 19.6 Å². The van der Waals surface area contributed by atoms with E-state index in [-0.39, 0.29) is 49.1 Å². The Balaban J connectivity index is 1.84. The number of fused-ring (bicyclic) bond motifs is 1. The second-order valence-electron chi connectivity index (χ2n) is 8.12. The highest BCUT2D eigenvalue weighted by atomic mass is 19.1. The van der Waals surface area contributed by atoms with Gasteiger partial charge in [-0.25, -0.2) is 9.18 Å². The van der Waals surface area contributed by atoms with Crippen molar-refractivity contribution in [2.24, 2.45) is 0 Å². The molecule has 4 rings (SSSR count). The number of furan rings is 1. The number of benzene rings is 1. The Kier molecular flexibility index (Phi) is 5.39. The minimum Gasteiger partial charge on any atom is -0.465 e. The van der Waals surface area contributed by atoms with E-state index in [1.54, 1.807) is 23.2 Å². The number of carbonyl (C=O) groups excluding carboxylic acids is 1. The summed E-state index contributed by atoms with van der Waals surface area (Å²) < 4.78 is 19.7. The molecule has 1 N–H and O–H groups in total. The van der Waals surface area contributed by atoms with E-state index in [2.05, 4.69) is 4.98 Å². The van der Waals surface area contributed by atoms with Crippen molar-refractivity contribution in [1.29, 1.82) is 0 Å². The fourth-order valence-electron chi connectivity index (χ4n) is 4.06. The summed E-state index contributed by atoms with van der Waals surface area (Å²) in [6, 6.07) is 7.43. The van der Waals surface area contributed by atoms with Crippen LogP contribution in [0, 0.1) is 5.82 Å². The Morgan fingerprint density at radius 3 is 2.52 bits per heavy atom. The molecule has 0 radical (unpaired) electrons. The number of nitrogens with zero attached hydrogens (tertiary/aromatic N) is 3. The fraction of sp³-hybridized carbons (Fsp3) is 0.348. The molecule has 1 aliphatic rings. The van der Waals surface area contributed by atoms with Gasteiger partial charge in [0, 0.05) is 37.4 Å². The molecule has 0 unspecified atom stereocenters. The van der Waals surface area contributed by atoms with Gasteiger partial charge in [-0.3, -0.25) is 9.78 Å². The fourth-order valence-corrected chi connectivity index (χ4v) is 4.06. The number of hydrogen-bond acceptors (Lipinski definition) is 4. The number of amides is 2. The summed E-state index contributed by atoms with van der Waals surface area (Å²) in [5, 5.41) is 9.26. The Labute approximate surface area is 179 Å². The molecule has 0 saturated carbocycles. The molecule has 1 aliphatic heterocycles. The maximum atomic E-state index is 13.6. The molecule has 0 bridgehead atoms. The van der Waals surface area contributed by atoms with Crippen LogP contribution in [0.3, 0.4) is 0 Å². The lowest BCUT2D eigenvalue weighted by Gasteiger charge is -2.38. The van der Waals surface area contributed by atoms with Crippen molar-refractivity contribution in [3.63, 3.8) is 0 Å². The van der Waals surface area contributed by atoms with E-state index in [0.29, 0.717) is 22.2 Å². The molecule has 1 atom stereocenters. The van der Waals surface area contributed by atoms with E-state index in [9.17, 15) is 19.1 Å². The van der Waals surface area contributed by atoms with E-state index in [1.165, 1.54) is 17.0 Å². The van der Waals surface area contributed by atoms with Crippen molar-refractivity contribution >= 4 is 23.1 Å². The first kappa shape index (κ1) is 20.8.